The van der Waals surface area contributed by atoms with Crippen molar-refractivity contribution >= 4 is 5.91 Å². The number of H-pyrrole nitrogens is 1. The Labute approximate surface area is 135 Å². The second kappa shape index (κ2) is 7.39. The van der Waals surface area contributed by atoms with E-state index < -0.39 is 0 Å². The molecule has 1 aromatic carbocycles. The number of morpholine rings is 1. The van der Waals surface area contributed by atoms with Gasteiger partial charge in [-0.25, -0.2) is 0 Å². The van der Waals surface area contributed by atoms with Gasteiger partial charge in [-0.2, -0.15) is 5.10 Å². The number of rotatable bonds is 5. The van der Waals surface area contributed by atoms with Crippen LogP contribution in [0.1, 0.15) is 12.5 Å². The Kier molecular flexibility index (Phi) is 5.05. The van der Waals surface area contributed by atoms with Crippen molar-refractivity contribution in [1.82, 2.24) is 20.4 Å². The average Bonchev–Trinajstić information content (AvgIpc) is 3.15. The number of ether oxygens (including phenoxy) is 1. The summed E-state index contributed by atoms with van der Waals surface area (Å²) < 4.78 is 5.56. The largest absolute Gasteiger partial charge is 0.366 e. The van der Waals surface area contributed by atoms with Crippen molar-refractivity contribution in [3.8, 4) is 11.3 Å². The highest BCUT2D eigenvalue weighted by atomic mass is 16.5. The fourth-order valence-electron chi connectivity index (χ4n) is 2.67. The first-order valence-electron chi connectivity index (χ1n) is 7.96. The van der Waals surface area contributed by atoms with Crippen molar-refractivity contribution in [2.45, 2.75) is 19.6 Å². The quantitative estimate of drug-likeness (QED) is 0.875. The lowest BCUT2D eigenvalue weighted by Gasteiger charge is -2.31. The molecule has 3 rings (SSSR count). The minimum absolute atomic E-state index is 0.0409. The predicted molar refractivity (Wildman–Crippen MR) is 87.7 cm³/mol. The van der Waals surface area contributed by atoms with Gasteiger partial charge < -0.3 is 10.1 Å². The van der Waals surface area contributed by atoms with E-state index in [1.165, 1.54) is 0 Å². The van der Waals surface area contributed by atoms with E-state index in [0.717, 1.165) is 29.9 Å². The molecule has 1 aliphatic rings. The van der Waals surface area contributed by atoms with Crippen LogP contribution in [-0.4, -0.2) is 53.3 Å². The molecule has 0 bridgehead atoms. The number of benzene rings is 1. The second-order valence-electron chi connectivity index (χ2n) is 5.64. The van der Waals surface area contributed by atoms with E-state index in [-0.39, 0.29) is 12.0 Å². The van der Waals surface area contributed by atoms with Crippen LogP contribution in [0.4, 0.5) is 0 Å². The molecule has 1 fully saturated rings. The van der Waals surface area contributed by atoms with Crippen LogP contribution in [-0.2, 0) is 16.1 Å². The molecule has 0 saturated carbocycles. The van der Waals surface area contributed by atoms with Crippen LogP contribution >= 0.6 is 0 Å². The number of hydrogen-bond donors (Lipinski definition) is 2. The minimum atomic E-state index is -0.368. The number of aromatic amines is 1. The molecule has 0 radical (unpaired) electrons. The van der Waals surface area contributed by atoms with Gasteiger partial charge in [0.25, 0.3) is 5.91 Å². The molecule has 6 nitrogen and oxygen atoms in total. The number of carbonyl (C=O) groups excluding carboxylic acids is 1. The molecule has 2 heterocycles. The van der Waals surface area contributed by atoms with Gasteiger partial charge in [0, 0.05) is 25.8 Å². The summed E-state index contributed by atoms with van der Waals surface area (Å²) in [4.78, 5) is 14.4. The van der Waals surface area contributed by atoms with Crippen molar-refractivity contribution in [3.63, 3.8) is 0 Å². The summed E-state index contributed by atoms with van der Waals surface area (Å²) in [5.74, 6) is -0.0409. The normalized spacial score (nSPS) is 18.7. The van der Waals surface area contributed by atoms with Gasteiger partial charge in [0.05, 0.1) is 12.3 Å². The first-order chi connectivity index (χ1) is 11.3. The highest BCUT2D eigenvalue weighted by Crippen LogP contribution is 2.16. The molecule has 1 amide bonds. The minimum Gasteiger partial charge on any atom is -0.366 e. The fourth-order valence-corrected chi connectivity index (χ4v) is 2.67. The molecule has 2 aromatic rings. The van der Waals surface area contributed by atoms with Gasteiger partial charge in [0.15, 0.2) is 0 Å². The summed E-state index contributed by atoms with van der Waals surface area (Å²) in [5, 5.41) is 9.84. The molecule has 23 heavy (non-hydrogen) atoms. The Hall–Kier alpha value is -2.18. The third-order valence-electron chi connectivity index (χ3n) is 4.12. The average molecular weight is 314 g/mol. The maximum atomic E-state index is 12.2. The number of carbonyl (C=O) groups is 1. The van der Waals surface area contributed by atoms with Gasteiger partial charge in [0.2, 0.25) is 0 Å². The molecule has 1 saturated heterocycles. The maximum Gasteiger partial charge on any atom is 0.250 e. The number of amides is 1. The van der Waals surface area contributed by atoms with Gasteiger partial charge in [-0.05, 0) is 23.7 Å². The highest BCUT2D eigenvalue weighted by molar-refractivity contribution is 5.81. The SMILES string of the molecule is CCN1CCO[C@H](C(=O)NCc2ccc(-c3ccn[nH]3)cc2)C1. The van der Waals surface area contributed by atoms with E-state index in [1.807, 2.05) is 30.3 Å². The van der Waals surface area contributed by atoms with Crippen molar-refractivity contribution in [2.75, 3.05) is 26.2 Å². The Balaban J connectivity index is 1.52. The molecule has 0 aliphatic carbocycles. The van der Waals surface area contributed by atoms with E-state index in [2.05, 4.69) is 27.3 Å². The van der Waals surface area contributed by atoms with E-state index in [9.17, 15) is 4.79 Å². The smallest absolute Gasteiger partial charge is 0.250 e. The lowest BCUT2D eigenvalue weighted by Crippen LogP contribution is -2.49. The molecular formula is C17H22N4O2. The zero-order valence-electron chi connectivity index (χ0n) is 13.3. The summed E-state index contributed by atoms with van der Waals surface area (Å²) in [6.07, 6.45) is 1.36. The molecule has 1 aliphatic heterocycles. The third kappa shape index (κ3) is 3.97. The summed E-state index contributed by atoms with van der Waals surface area (Å²) in [6.45, 7) is 5.74. The van der Waals surface area contributed by atoms with Crippen molar-refractivity contribution in [1.29, 1.82) is 0 Å². The zero-order valence-corrected chi connectivity index (χ0v) is 13.3. The fraction of sp³-hybridized carbons (Fsp3) is 0.412. The first kappa shape index (κ1) is 15.7. The summed E-state index contributed by atoms with van der Waals surface area (Å²) in [5.41, 5.74) is 3.12. The Morgan fingerprint density at radius 2 is 2.22 bits per heavy atom. The van der Waals surface area contributed by atoms with E-state index in [1.54, 1.807) is 6.20 Å². The number of likely N-dealkylation sites (N-methyl/N-ethyl adjacent to an activating group) is 1. The summed E-state index contributed by atoms with van der Waals surface area (Å²) in [6, 6.07) is 9.99. The van der Waals surface area contributed by atoms with Crippen molar-refractivity contribution < 1.29 is 9.53 Å². The lowest BCUT2D eigenvalue weighted by atomic mass is 10.1. The Morgan fingerprint density at radius 3 is 2.91 bits per heavy atom. The second-order valence-corrected chi connectivity index (χ2v) is 5.64. The van der Waals surface area contributed by atoms with Gasteiger partial charge >= 0.3 is 0 Å². The van der Waals surface area contributed by atoms with Crippen LogP contribution in [0.25, 0.3) is 11.3 Å². The predicted octanol–water partition coefficient (Wildman–Crippen LogP) is 1.41. The molecule has 6 heteroatoms. The van der Waals surface area contributed by atoms with Crippen LogP contribution in [0.15, 0.2) is 36.5 Å². The molecule has 0 unspecified atom stereocenters. The van der Waals surface area contributed by atoms with Gasteiger partial charge in [-0.15, -0.1) is 0 Å². The lowest BCUT2D eigenvalue weighted by molar-refractivity contribution is -0.138. The van der Waals surface area contributed by atoms with Crippen LogP contribution in [0, 0.1) is 0 Å². The third-order valence-corrected chi connectivity index (χ3v) is 4.12. The zero-order chi connectivity index (χ0) is 16.1. The monoisotopic (exact) mass is 314 g/mol. The molecule has 0 spiro atoms. The van der Waals surface area contributed by atoms with Gasteiger partial charge in [0.1, 0.15) is 6.10 Å². The number of nitrogens with zero attached hydrogens (tertiary/aromatic N) is 2. The van der Waals surface area contributed by atoms with Crippen LogP contribution < -0.4 is 5.32 Å². The molecule has 1 atom stereocenters. The Bertz CT molecular complexity index is 625. The van der Waals surface area contributed by atoms with Crippen molar-refractivity contribution in [3.05, 3.63) is 42.1 Å². The molecule has 122 valence electrons. The van der Waals surface area contributed by atoms with Crippen molar-refractivity contribution in [2.24, 2.45) is 0 Å². The number of hydrogen-bond acceptors (Lipinski definition) is 4. The highest BCUT2D eigenvalue weighted by Gasteiger charge is 2.25. The van der Waals surface area contributed by atoms with Gasteiger partial charge in [-0.3, -0.25) is 14.8 Å². The van der Waals surface area contributed by atoms with Gasteiger partial charge in [-0.1, -0.05) is 31.2 Å². The van der Waals surface area contributed by atoms with Crippen LogP contribution in [0.2, 0.25) is 0 Å². The van der Waals surface area contributed by atoms with E-state index in [0.29, 0.717) is 19.7 Å². The van der Waals surface area contributed by atoms with Crippen LogP contribution in [0.3, 0.4) is 0 Å². The van der Waals surface area contributed by atoms with Crippen LogP contribution in [0.5, 0.6) is 0 Å². The molecule has 1 aromatic heterocycles. The molecule has 2 N–H and O–H groups in total. The summed E-state index contributed by atoms with van der Waals surface area (Å²) in [7, 11) is 0. The van der Waals surface area contributed by atoms with E-state index >= 15 is 0 Å². The molecular weight excluding hydrogens is 292 g/mol. The topological polar surface area (TPSA) is 70.2 Å². The summed E-state index contributed by atoms with van der Waals surface area (Å²) >= 11 is 0. The number of nitrogens with one attached hydrogen (secondary N) is 2. The maximum absolute atomic E-state index is 12.2. The Morgan fingerprint density at radius 1 is 1.39 bits per heavy atom. The standard InChI is InChI=1S/C17H22N4O2/c1-2-21-9-10-23-16(12-21)17(22)18-11-13-3-5-14(6-4-13)15-7-8-19-20-15/h3-8,16H,2,9-12H2,1H3,(H,18,22)(H,19,20)/t16-/m0/s1. The number of aromatic nitrogens is 2. The first-order valence-corrected chi connectivity index (χ1v) is 7.96. The van der Waals surface area contributed by atoms with E-state index in [4.69, 9.17) is 4.74 Å².